The van der Waals surface area contributed by atoms with E-state index in [0.29, 0.717) is 24.3 Å². The Balaban J connectivity index is 1.73. The summed E-state index contributed by atoms with van der Waals surface area (Å²) in [5.74, 6) is -0.359. The van der Waals surface area contributed by atoms with Gasteiger partial charge in [-0.2, -0.15) is 5.26 Å². The third-order valence-electron chi connectivity index (χ3n) is 4.86. The third-order valence-corrected chi connectivity index (χ3v) is 4.86. The second kappa shape index (κ2) is 8.04. The Hall–Kier alpha value is -3.84. The Morgan fingerprint density at radius 1 is 1.00 bits per heavy atom. The predicted molar refractivity (Wildman–Crippen MR) is 114 cm³/mol. The van der Waals surface area contributed by atoms with Crippen LogP contribution in [0.15, 0.2) is 79.1 Å². The average Bonchev–Trinajstić information content (AvgIpc) is 3.18. The van der Waals surface area contributed by atoms with E-state index in [1.54, 1.807) is 19.1 Å². The van der Waals surface area contributed by atoms with Gasteiger partial charge in [0.1, 0.15) is 0 Å². The van der Waals surface area contributed by atoms with Gasteiger partial charge in [-0.25, -0.2) is 4.79 Å². The normalized spacial score (nSPS) is 10.6. The summed E-state index contributed by atoms with van der Waals surface area (Å²) in [4.78, 5) is 12.5. The Morgan fingerprint density at radius 3 is 2.62 bits per heavy atom. The SMILES string of the molecule is CCOC(=O)c1cn(Cc2ccc3ccccc3c2)cc1-c1cccc(C#N)c1. The number of fused-ring (bicyclic) bond motifs is 1. The van der Waals surface area contributed by atoms with Gasteiger partial charge in [0.2, 0.25) is 0 Å². The van der Waals surface area contributed by atoms with Crippen molar-refractivity contribution in [3.8, 4) is 17.2 Å². The fraction of sp³-hybridized carbons (Fsp3) is 0.120. The van der Waals surface area contributed by atoms with Crippen LogP contribution >= 0.6 is 0 Å². The molecule has 0 N–H and O–H groups in total. The number of ether oxygens (including phenoxy) is 1. The molecule has 0 unspecified atom stereocenters. The van der Waals surface area contributed by atoms with Gasteiger partial charge in [0.05, 0.1) is 23.8 Å². The molecule has 0 aliphatic rings. The van der Waals surface area contributed by atoms with E-state index in [4.69, 9.17) is 4.74 Å². The Labute approximate surface area is 169 Å². The highest BCUT2D eigenvalue weighted by Crippen LogP contribution is 2.27. The van der Waals surface area contributed by atoms with Crippen LogP contribution in [0.4, 0.5) is 0 Å². The highest BCUT2D eigenvalue weighted by Gasteiger charge is 2.17. The quantitative estimate of drug-likeness (QED) is 0.435. The van der Waals surface area contributed by atoms with Gasteiger partial charge in [0, 0.05) is 24.5 Å². The number of nitriles is 1. The van der Waals surface area contributed by atoms with E-state index < -0.39 is 0 Å². The molecule has 0 saturated heterocycles. The molecule has 4 aromatic rings. The molecule has 0 amide bonds. The average molecular weight is 380 g/mol. The maximum absolute atomic E-state index is 12.5. The minimum Gasteiger partial charge on any atom is -0.462 e. The van der Waals surface area contributed by atoms with Crippen molar-refractivity contribution in [1.29, 1.82) is 5.26 Å². The molecule has 0 radical (unpaired) electrons. The summed E-state index contributed by atoms with van der Waals surface area (Å²) in [6.45, 7) is 2.74. The van der Waals surface area contributed by atoms with Crippen molar-refractivity contribution in [3.05, 3.63) is 95.8 Å². The zero-order chi connectivity index (χ0) is 20.2. The van der Waals surface area contributed by atoms with Crippen molar-refractivity contribution in [1.82, 2.24) is 4.57 Å². The number of carbonyl (C=O) groups is 1. The van der Waals surface area contributed by atoms with Crippen molar-refractivity contribution in [3.63, 3.8) is 0 Å². The molecule has 0 bridgehead atoms. The summed E-state index contributed by atoms with van der Waals surface area (Å²) >= 11 is 0. The second-order valence-corrected chi connectivity index (χ2v) is 6.85. The number of carbonyl (C=O) groups excluding carboxylic acids is 1. The van der Waals surface area contributed by atoms with Crippen molar-refractivity contribution in [2.24, 2.45) is 0 Å². The van der Waals surface area contributed by atoms with Crippen LogP contribution in [-0.4, -0.2) is 17.1 Å². The summed E-state index contributed by atoms with van der Waals surface area (Å²) in [5, 5.41) is 11.6. The van der Waals surface area contributed by atoms with Gasteiger partial charge < -0.3 is 9.30 Å². The molecular formula is C25H20N2O2. The Morgan fingerprint density at radius 2 is 1.83 bits per heavy atom. The van der Waals surface area contributed by atoms with Gasteiger partial charge in [-0.3, -0.25) is 0 Å². The molecular weight excluding hydrogens is 360 g/mol. The Bertz CT molecular complexity index is 1230. The first kappa shape index (κ1) is 18.5. The number of nitrogens with zero attached hydrogens (tertiary/aromatic N) is 2. The van der Waals surface area contributed by atoms with Gasteiger partial charge in [0.25, 0.3) is 0 Å². The van der Waals surface area contributed by atoms with Crippen LogP contribution in [0.1, 0.15) is 28.4 Å². The molecule has 0 saturated carbocycles. The number of hydrogen-bond acceptors (Lipinski definition) is 3. The van der Waals surface area contributed by atoms with Crippen LogP contribution in [0, 0.1) is 11.3 Å². The van der Waals surface area contributed by atoms with Gasteiger partial charge in [-0.05, 0) is 47.0 Å². The maximum Gasteiger partial charge on any atom is 0.340 e. The molecule has 0 atom stereocenters. The van der Waals surface area contributed by atoms with Crippen LogP contribution in [0.2, 0.25) is 0 Å². The van der Waals surface area contributed by atoms with Crippen LogP contribution in [0.3, 0.4) is 0 Å². The maximum atomic E-state index is 12.5. The van der Waals surface area contributed by atoms with E-state index in [1.807, 2.05) is 41.2 Å². The lowest BCUT2D eigenvalue weighted by Gasteiger charge is -2.05. The minimum absolute atomic E-state index is 0.312. The first-order valence-electron chi connectivity index (χ1n) is 9.53. The smallest absolute Gasteiger partial charge is 0.340 e. The summed E-state index contributed by atoms with van der Waals surface area (Å²) in [6.07, 6.45) is 3.76. The topological polar surface area (TPSA) is 55.0 Å². The van der Waals surface area contributed by atoms with E-state index in [-0.39, 0.29) is 5.97 Å². The molecule has 4 rings (SSSR count). The molecule has 1 heterocycles. The highest BCUT2D eigenvalue weighted by atomic mass is 16.5. The van der Waals surface area contributed by atoms with Gasteiger partial charge in [0.15, 0.2) is 0 Å². The lowest BCUT2D eigenvalue weighted by atomic mass is 10.0. The van der Waals surface area contributed by atoms with E-state index in [0.717, 1.165) is 16.7 Å². The van der Waals surface area contributed by atoms with E-state index in [2.05, 4.69) is 36.4 Å². The summed E-state index contributed by atoms with van der Waals surface area (Å²) in [6, 6.07) is 24.0. The zero-order valence-corrected chi connectivity index (χ0v) is 16.1. The van der Waals surface area contributed by atoms with Crippen molar-refractivity contribution >= 4 is 16.7 Å². The molecule has 4 nitrogen and oxygen atoms in total. The molecule has 0 spiro atoms. The zero-order valence-electron chi connectivity index (χ0n) is 16.1. The Kier molecular flexibility index (Phi) is 5.13. The van der Waals surface area contributed by atoms with Gasteiger partial charge in [-0.1, -0.05) is 48.5 Å². The van der Waals surface area contributed by atoms with Gasteiger partial charge >= 0.3 is 5.97 Å². The van der Waals surface area contributed by atoms with Crippen molar-refractivity contribution in [2.75, 3.05) is 6.61 Å². The number of aromatic nitrogens is 1. The van der Waals surface area contributed by atoms with Crippen LogP contribution in [0.5, 0.6) is 0 Å². The molecule has 4 heteroatoms. The summed E-state index contributed by atoms with van der Waals surface area (Å²) in [5.41, 5.74) is 3.79. The van der Waals surface area contributed by atoms with E-state index >= 15 is 0 Å². The van der Waals surface area contributed by atoms with E-state index in [1.165, 1.54) is 10.8 Å². The number of benzene rings is 3. The standard InChI is InChI=1S/C25H20N2O2/c1-2-29-25(28)24-17-27(16-23(24)22-9-5-6-18(12-22)14-26)15-19-10-11-20-7-3-4-8-21(20)13-19/h3-13,16-17H,2,15H2,1H3. The minimum atomic E-state index is -0.359. The second-order valence-electron chi connectivity index (χ2n) is 6.85. The van der Waals surface area contributed by atoms with Crippen molar-refractivity contribution in [2.45, 2.75) is 13.5 Å². The molecule has 3 aromatic carbocycles. The number of rotatable bonds is 5. The largest absolute Gasteiger partial charge is 0.462 e. The summed E-state index contributed by atoms with van der Waals surface area (Å²) < 4.78 is 7.24. The number of hydrogen-bond donors (Lipinski definition) is 0. The number of esters is 1. The van der Waals surface area contributed by atoms with Crippen molar-refractivity contribution < 1.29 is 9.53 Å². The molecule has 142 valence electrons. The monoisotopic (exact) mass is 380 g/mol. The predicted octanol–water partition coefficient (Wildman–Crippen LogP) is 5.40. The highest BCUT2D eigenvalue weighted by molar-refractivity contribution is 5.97. The summed E-state index contributed by atoms with van der Waals surface area (Å²) in [7, 11) is 0. The van der Waals surface area contributed by atoms with Crippen LogP contribution < -0.4 is 0 Å². The molecule has 0 fully saturated rings. The first-order chi connectivity index (χ1) is 14.2. The lowest BCUT2D eigenvalue weighted by molar-refractivity contribution is 0.0527. The lowest BCUT2D eigenvalue weighted by Crippen LogP contribution is -2.05. The third kappa shape index (κ3) is 3.90. The molecule has 0 aliphatic heterocycles. The van der Waals surface area contributed by atoms with E-state index in [9.17, 15) is 10.1 Å². The fourth-order valence-electron chi connectivity index (χ4n) is 3.51. The molecule has 0 aliphatic carbocycles. The van der Waals surface area contributed by atoms with Crippen LogP contribution in [0.25, 0.3) is 21.9 Å². The molecule has 1 aromatic heterocycles. The molecule has 29 heavy (non-hydrogen) atoms. The van der Waals surface area contributed by atoms with Gasteiger partial charge in [-0.15, -0.1) is 0 Å². The van der Waals surface area contributed by atoms with Crippen LogP contribution in [-0.2, 0) is 11.3 Å². The first-order valence-corrected chi connectivity index (χ1v) is 9.53. The fourth-order valence-corrected chi connectivity index (χ4v) is 3.51.